The van der Waals surface area contributed by atoms with Crippen LogP contribution in [-0.4, -0.2) is 39.0 Å². The normalized spacial score (nSPS) is 16.4. The number of para-hydroxylation sites is 1. The fourth-order valence-corrected chi connectivity index (χ4v) is 7.68. The average molecular weight is 683 g/mol. The van der Waals surface area contributed by atoms with Gasteiger partial charge in [0.25, 0.3) is 0 Å². The van der Waals surface area contributed by atoms with Crippen molar-refractivity contribution in [2.24, 2.45) is 5.92 Å². The largest absolute Gasteiger partial charge is 1.00 e. The quantitative estimate of drug-likeness (QED) is 0.219. The monoisotopic (exact) mass is 681 g/mol. The SMILES string of the molecule is COc1cc2c(cc1OC)[C@@H]1c3cccc(OC)c3N(CCCn3c[n+](Cc4ccc(C)cc4)c4cc(C)c(C)cc43)C[C@@H]1C2.[Br-]. The van der Waals surface area contributed by atoms with Crippen LogP contribution < -0.4 is 40.7 Å². The molecule has 46 heavy (non-hydrogen) atoms. The van der Waals surface area contributed by atoms with Gasteiger partial charge >= 0.3 is 0 Å². The number of benzene rings is 4. The standard InChI is InChI=1S/C39H44N3O3.BrH/c1-25-11-13-28(14-12-25)22-42-24-41(33-17-26(2)27(3)18-34(33)42)16-8-15-40-23-30-19-29-20-36(44-5)37(45-6)21-32(29)38(30)31-9-7-10-35(43-4)39(31)40;/h7,9-14,17-18,20-21,24,30,38H,8,15-16,19,22-23H2,1-6H3;1H/q+1;/p-1/t30-,38-;/m0./s1. The molecule has 0 saturated heterocycles. The van der Waals surface area contributed by atoms with E-state index >= 15 is 0 Å². The Morgan fingerprint density at radius 3 is 2.24 bits per heavy atom. The van der Waals surface area contributed by atoms with Crippen molar-refractivity contribution in [2.45, 2.75) is 52.6 Å². The highest BCUT2D eigenvalue weighted by Gasteiger charge is 2.42. The van der Waals surface area contributed by atoms with Crippen LogP contribution in [0.1, 0.15) is 51.3 Å². The van der Waals surface area contributed by atoms with Crippen molar-refractivity contribution >= 4 is 16.7 Å². The smallest absolute Gasteiger partial charge is 0.245 e. The molecule has 7 rings (SSSR count). The summed E-state index contributed by atoms with van der Waals surface area (Å²) in [5.41, 5.74) is 13.2. The van der Waals surface area contributed by atoms with Gasteiger partial charge in [-0.2, -0.15) is 0 Å². The number of anilines is 1. The Hall–Kier alpha value is -3.97. The summed E-state index contributed by atoms with van der Waals surface area (Å²) >= 11 is 0. The number of aryl methyl sites for hydroxylation is 4. The van der Waals surface area contributed by atoms with Gasteiger partial charge in [0, 0.05) is 25.4 Å². The van der Waals surface area contributed by atoms with Gasteiger partial charge in [-0.05, 0) is 96.8 Å². The van der Waals surface area contributed by atoms with Gasteiger partial charge in [0.15, 0.2) is 22.5 Å². The van der Waals surface area contributed by atoms with Crippen LogP contribution in [0.4, 0.5) is 5.69 Å². The summed E-state index contributed by atoms with van der Waals surface area (Å²) in [5.74, 6) is 3.37. The molecular formula is C39H44BrN3O3. The van der Waals surface area contributed by atoms with Crippen LogP contribution in [0.2, 0.25) is 0 Å². The minimum Gasteiger partial charge on any atom is -1.00 e. The van der Waals surface area contributed by atoms with E-state index in [9.17, 15) is 0 Å². The van der Waals surface area contributed by atoms with Crippen molar-refractivity contribution < 1.29 is 35.8 Å². The number of imidazole rings is 1. The molecule has 1 aromatic heterocycles. The maximum Gasteiger partial charge on any atom is 0.245 e. The summed E-state index contributed by atoms with van der Waals surface area (Å²) in [4.78, 5) is 2.58. The number of methoxy groups -OCH3 is 3. The number of rotatable bonds is 9. The van der Waals surface area contributed by atoms with Crippen molar-refractivity contribution in [3.05, 3.63) is 112 Å². The number of nitrogens with zero attached hydrogens (tertiary/aromatic N) is 3. The van der Waals surface area contributed by atoms with E-state index in [2.05, 4.69) is 108 Å². The molecule has 7 heteroatoms. The Morgan fingerprint density at radius 1 is 0.783 bits per heavy atom. The van der Waals surface area contributed by atoms with Crippen molar-refractivity contribution in [1.82, 2.24) is 4.57 Å². The summed E-state index contributed by atoms with van der Waals surface area (Å²) in [6.45, 7) is 10.3. The third kappa shape index (κ3) is 5.63. The van der Waals surface area contributed by atoms with Gasteiger partial charge in [0.2, 0.25) is 6.33 Å². The topological polar surface area (TPSA) is 39.7 Å². The molecule has 2 atom stereocenters. The Kier molecular flexibility index (Phi) is 9.06. The molecule has 6 nitrogen and oxygen atoms in total. The van der Waals surface area contributed by atoms with Gasteiger partial charge in [0.1, 0.15) is 12.3 Å². The van der Waals surface area contributed by atoms with Gasteiger partial charge < -0.3 is 36.1 Å². The zero-order valence-electron chi connectivity index (χ0n) is 27.8. The fraction of sp³-hybridized carbons (Fsp3) is 0.359. The van der Waals surface area contributed by atoms with Crippen LogP contribution in [0.25, 0.3) is 11.0 Å². The molecule has 2 aliphatic rings. The number of hydrogen-bond donors (Lipinski definition) is 0. The van der Waals surface area contributed by atoms with E-state index in [1.54, 1.807) is 21.3 Å². The lowest BCUT2D eigenvalue weighted by Gasteiger charge is -2.39. The summed E-state index contributed by atoms with van der Waals surface area (Å²) < 4.78 is 22.2. The molecule has 4 aromatic carbocycles. The maximum absolute atomic E-state index is 5.98. The fourth-order valence-electron chi connectivity index (χ4n) is 7.68. The molecule has 1 aliphatic carbocycles. The second kappa shape index (κ2) is 13.0. The third-order valence-electron chi connectivity index (χ3n) is 10.1. The molecule has 240 valence electrons. The molecule has 2 heterocycles. The lowest BCUT2D eigenvalue weighted by molar-refractivity contribution is -0.663. The highest BCUT2D eigenvalue weighted by atomic mass is 79.9. The Labute approximate surface area is 283 Å². The van der Waals surface area contributed by atoms with Crippen LogP contribution in [0, 0.1) is 26.7 Å². The lowest BCUT2D eigenvalue weighted by Crippen LogP contribution is -3.00. The van der Waals surface area contributed by atoms with E-state index < -0.39 is 0 Å². The van der Waals surface area contributed by atoms with Crippen LogP contribution >= 0.6 is 0 Å². The van der Waals surface area contributed by atoms with Crippen LogP contribution in [0.15, 0.2) is 73.1 Å². The van der Waals surface area contributed by atoms with Crippen LogP contribution in [0.3, 0.4) is 0 Å². The van der Waals surface area contributed by atoms with E-state index in [1.807, 2.05) is 0 Å². The Morgan fingerprint density at radius 2 is 1.50 bits per heavy atom. The van der Waals surface area contributed by atoms with Crippen molar-refractivity contribution in [3.63, 3.8) is 0 Å². The first kappa shape index (κ1) is 32.0. The Bertz CT molecular complexity index is 1880. The summed E-state index contributed by atoms with van der Waals surface area (Å²) in [6.07, 6.45) is 4.39. The van der Waals surface area contributed by atoms with E-state index in [0.29, 0.717) is 11.8 Å². The lowest BCUT2D eigenvalue weighted by atomic mass is 9.81. The highest BCUT2D eigenvalue weighted by molar-refractivity contribution is 5.74. The number of aromatic nitrogens is 2. The summed E-state index contributed by atoms with van der Waals surface area (Å²) in [6, 6.07) is 24.5. The van der Waals surface area contributed by atoms with Gasteiger partial charge in [-0.3, -0.25) is 0 Å². The first-order valence-electron chi connectivity index (χ1n) is 16.1. The molecule has 1 aliphatic heterocycles. The molecule has 0 unspecified atom stereocenters. The van der Waals surface area contributed by atoms with Crippen LogP contribution in [-0.2, 0) is 19.5 Å². The number of fused-ring (bicyclic) bond motifs is 6. The van der Waals surface area contributed by atoms with Crippen LogP contribution in [0.5, 0.6) is 17.2 Å². The van der Waals surface area contributed by atoms with Gasteiger partial charge in [-0.15, -0.1) is 0 Å². The predicted molar refractivity (Wildman–Crippen MR) is 180 cm³/mol. The van der Waals surface area contributed by atoms with Gasteiger partial charge in [-0.25, -0.2) is 9.13 Å². The van der Waals surface area contributed by atoms with Crippen molar-refractivity contribution in [2.75, 3.05) is 39.3 Å². The molecule has 0 spiro atoms. The van der Waals surface area contributed by atoms with E-state index in [0.717, 1.165) is 56.3 Å². The molecular weight excluding hydrogens is 638 g/mol. The number of halogens is 1. The molecule has 0 bridgehead atoms. The van der Waals surface area contributed by atoms with E-state index in [4.69, 9.17) is 14.2 Å². The molecule has 0 saturated carbocycles. The molecule has 0 radical (unpaired) electrons. The Balaban J connectivity index is 0.00000372. The highest BCUT2D eigenvalue weighted by Crippen LogP contribution is 2.53. The first-order chi connectivity index (χ1) is 21.9. The minimum absolute atomic E-state index is 0. The molecule has 0 fully saturated rings. The number of ether oxygens (including phenoxy) is 3. The first-order valence-corrected chi connectivity index (χ1v) is 16.1. The maximum atomic E-state index is 5.98. The number of hydrogen-bond acceptors (Lipinski definition) is 4. The summed E-state index contributed by atoms with van der Waals surface area (Å²) in [7, 11) is 5.23. The average Bonchev–Trinajstić information content (AvgIpc) is 3.57. The minimum atomic E-state index is 0. The molecule has 5 aromatic rings. The third-order valence-corrected chi connectivity index (χ3v) is 10.1. The van der Waals surface area contributed by atoms with E-state index in [-0.39, 0.29) is 17.0 Å². The second-order valence-corrected chi connectivity index (χ2v) is 12.9. The van der Waals surface area contributed by atoms with Gasteiger partial charge in [0.05, 0.1) is 33.6 Å². The molecule has 0 amide bonds. The predicted octanol–water partition coefficient (Wildman–Crippen LogP) is 4.15. The second-order valence-electron chi connectivity index (χ2n) is 12.9. The van der Waals surface area contributed by atoms with Crippen molar-refractivity contribution in [1.29, 1.82) is 0 Å². The zero-order chi connectivity index (χ0) is 31.2. The summed E-state index contributed by atoms with van der Waals surface area (Å²) in [5, 5.41) is 0. The molecule has 0 N–H and O–H groups in total. The van der Waals surface area contributed by atoms with Crippen molar-refractivity contribution in [3.8, 4) is 17.2 Å². The van der Waals surface area contributed by atoms with Gasteiger partial charge in [-0.1, -0.05) is 42.0 Å². The zero-order valence-corrected chi connectivity index (χ0v) is 29.4. The van der Waals surface area contributed by atoms with E-state index in [1.165, 1.54) is 55.7 Å².